The van der Waals surface area contributed by atoms with Crippen molar-refractivity contribution >= 4 is 23.2 Å². The maximum atomic E-state index is 14.2. The van der Waals surface area contributed by atoms with Gasteiger partial charge in [-0.2, -0.15) is 5.10 Å². The summed E-state index contributed by atoms with van der Waals surface area (Å²) in [6.45, 7) is 3.43. The molecule has 0 aliphatic heterocycles. The Morgan fingerprint density at radius 3 is 2.80 bits per heavy atom. The van der Waals surface area contributed by atoms with Crippen molar-refractivity contribution in [2.75, 3.05) is 23.9 Å². The number of hydrogen-bond acceptors (Lipinski definition) is 5. The van der Waals surface area contributed by atoms with Crippen LogP contribution in [0, 0.1) is 11.6 Å². The van der Waals surface area contributed by atoms with Crippen LogP contribution in [-0.2, 0) is 0 Å². The van der Waals surface area contributed by atoms with Gasteiger partial charge in [-0.15, -0.1) is 0 Å². The fraction of sp³-hybridized carbons (Fsp3) is 0.350. The number of nitrogens with zero attached hydrogens (tertiary/aromatic N) is 4. The van der Waals surface area contributed by atoms with Crippen molar-refractivity contribution in [2.45, 2.75) is 32.4 Å². The van der Waals surface area contributed by atoms with Crippen LogP contribution in [0.25, 0.3) is 5.65 Å². The highest BCUT2D eigenvalue weighted by Gasteiger charge is 2.19. The fourth-order valence-electron chi connectivity index (χ4n) is 3.01. The van der Waals surface area contributed by atoms with Crippen LogP contribution < -0.4 is 15.5 Å². The molecule has 1 unspecified atom stereocenters. The molecule has 0 fully saturated rings. The largest absolute Gasteiger partial charge is 0.394 e. The predicted octanol–water partition coefficient (Wildman–Crippen LogP) is 3.10. The van der Waals surface area contributed by atoms with E-state index < -0.39 is 23.7 Å². The third-order valence-electron chi connectivity index (χ3n) is 5.00. The van der Waals surface area contributed by atoms with Crippen LogP contribution in [0.1, 0.15) is 31.9 Å². The molecule has 2 amide bonds. The van der Waals surface area contributed by atoms with Crippen molar-refractivity contribution in [1.82, 2.24) is 19.9 Å². The summed E-state index contributed by atoms with van der Waals surface area (Å²) in [6, 6.07) is 3.69. The van der Waals surface area contributed by atoms with E-state index in [0.29, 0.717) is 23.6 Å². The Kier molecular flexibility index (Phi) is 6.46. The quantitative estimate of drug-likeness (QED) is 0.548. The topological polar surface area (TPSA) is 94.8 Å². The number of aliphatic hydroxyl groups excluding tert-OH is 1. The zero-order valence-electron chi connectivity index (χ0n) is 16.9. The minimum Gasteiger partial charge on any atom is -0.394 e. The van der Waals surface area contributed by atoms with Gasteiger partial charge in [-0.1, -0.05) is 6.92 Å². The van der Waals surface area contributed by atoms with Crippen molar-refractivity contribution in [2.24, 2.45) is 0 Å². The van der Waals surface area contributed by atoms with E-state index in [4.69, 9.17) is 0 Å². The van der Waals surface area contributed by atoms with Crippen molar-refractivity contribution in [1.29, 1.82) is 0 Å². The van der Waals surface area contributed by atoms with Crippen LogP contribution >= 0.6 is 0 Å². The van der Waals surface area contributed by atoms with Gasteiger partial charge in [0.25, 0.3) is 0 Å². The summed E-state index contributed by atoms with van der Waals surface area (Å²) < 4.78 is 29.2. The molecule has 1 aromatic carbocycles. The molecule has 10 heteroatoms. The molecule has 0 aliphatic carbocycles. The van der Waals surface area contributed by atoms with Gasteiger partial charge in [0, 0.05) is 18.8 Å². The number of urea groups is 1. The average molecular weight is 418 g/mol. The number of amides is 2. The smallest absolute Gasteiger partial charge is 0.319 e. The number of carbonyl (C=O) groups excluding carboxylic acids is 1. The molecule has 2 aromatic heterocycles. The summed E-state index contributed by atoms with van der Waals surface area (Å²) in [5.41, 5.74) is 0.971. The first-order valence-electron chi connectivity index (χ1n) is 9.54. The van der Waals surface area contributed by atoms with E-state index in [1.54, 1.807) is 31.1 Å². The third kappa shape index (κ3) is 4.48. The van der Waals surface area contributed by atoms with Crippen LogP contribution in [0.3, 0.4) is 0 Å². The Balaban J connectivity index is 1.84. The number of aromatic nitrogens is 3. The lowest BCUT2D eigenvalue weighted by Crippen LogP contribution is -2.39. The van der Waals surface area contributed by atoms with Gasteiger partial charge in [0.2, 0.25) is 0 Å². The van der Waals surface area contributed by atoms with Gasteiger partial charge in [0.1, 0.15) is 23.1 Å². The fourth-order valence-corrected chi connectivity index (χ4v) is 3.01. The van der Waals surface area contributed by atoms with E-state index in [9.17, 15) is 18.7 Å². The summed E-state index contributed by atoms with van der Waals surface area (Å²) in [5.74, 6) is -0.532. The van der Waals surface area contributed by atoms with Gasteiger partial charge < -0.3 is 20.6 Å². The molecule has 3 N–H and O–H groups in total. The number of anilines is 2. The SMILES string of the molecule is CCC(CO)NC(=O)Nc1cnn2ccc(N(C)[C@H](C)c3cc(F)ccc3F)nc12. The highest BCUT2D eigenvalue weighted by atomic mass is 19.1. The molecule has 0 saturated carbocycles. The lowest BCUT2D eigenvalue weighted by Gasteiger charge is -2.26. The van der Waals surface area contributed by atoms with Crippen LogP contribution in [0.4, 0.5) is 25.1 Å². The second kappa shape index (κ2) is 9.04. The first-order valence-corrected chi connectivity index (χ1v) is 9.54. The number of halogens is 2. The summed E-state index contributed by atoms with van der Waals surface area (Å²) in [6.07, 6.45) is 3.70. The number of benzene rings is 1. The number of aliphatic hydroxyl groups is 1. The zero-order valence-corrected chi connectivity index (χ0v) is 16.9. The number of nitrogens with one attached hydrogen (secondary N) is 2. The van der Waals surface area contributed by atoms with Crippen molar-refractivity contribution in [3.8, 4) is 0 Å². The van der Waals surface area contributed by atoms with Crippen molar-refractivity contribution in [3.63, 3.8) is 0 Å². The molecule has 0 spiro atoms. The highest BCUT2D eigenvalue weighted by Crippen LogP contribution is 2.27. The third-order valence-corrected chi connectivity index (χ3v) is 5.00. The molecule has 160 valence electrons. The highest BCUT2D eigenvalue weighted by molar-refractivity contribution is 5.93. The average Bonchev–Trinajstić information content (AvgIpc) is 3.14. The molecular weight excluding hydrogens is 394 g/mol. The van der Waals surface area contributed by atoms with Crippen molar-refractivity contribution in [3.05, 3.63) is 53.9 Å². The second-order valence-corrected chi connectivity index (χ2v) is 6.95. The first-order chi connectivity index (χ1) is 14.3. The summed E-state index contributed by atoms with van der Waals surface area (Å²) in [7, 11) is 1.72. The van der Waals surface area contributed by atoms with E-state index in [1.807, 2.05) is 6.92 Å². The first kappa shape index (κ1) is 21.4. The Morgan fingerprint density at radius 1 is 1.33 bits per heavy atom. The van der Waals surface area contributed by atoms with E-state index in [-0.39, 0.29) is 18.2 Å². The number of hydrogen-bond donors (Lipinski definition) is 3. The lowest BCUT2D eigenvalue weighted by molar-refractivity contribution is 0.222. The Morgan fingerprint density at radius 2 is 2.10 bits per heavy atom. The Hall–Kier alpha value is -3.27. The molecular formula is C20H24F2N6O2. The summed E-state index contributed by atoms with van der Waals surface area (Å²) in [4.78, 5) is 18.4. The molecule has 0 aliphatic rings. The van der Waals surface area contributed by atoms with E-state index >= 15 is 0 Å². The van der Waals surface area contributed by atoms with Crippen LogP contribution in [0.2, 0.25) is 0 Å². The van der Waals surface area contributed by atoms with E-state index in [0.717, 1.165) is 18.2 Å². The summed E-state index contributed by atoms with van der Waals surface area (Å²) in [5, 5.41) is 18.7. The number of rotatable bonds is 7. The Bertz CT molecular complexity index is 1040. The zero-order chi connectivity index (χ0) is 21.8. The number of fused-ring (bicyclic) bond motifs is 1. The van der Waals surface area contributed by atoms with Crippen LogP contribution in [0.15, 0.2) is 36.7 Å². The molecule has 2 heterocycles. The molecule has 0 bridgehead atoms. The predicted molar refractivity (Wildman–Crippen MR) is 109 cm³/mol. The monoisotopic (exact) mass is 418 g/mol. The van der Waals surface area contributed by atoms with E-state index in [1.165, 1.54) is 10.7 Å². The van der Waals surface area contributed by atoms with Crippen LogP contribution in [-0.4, -0.2) is 45.4 Å². The standard InChI is InChI=1S/C20H24F2N6O2/c1-4-14(11-29)24-20(30)25-17-10-23-28-8-7-18(26-19(17)28)27(3)12(2)15-9-13(21)5-6-16(15)22/h5-10,12,14,29H,4,11H2,1-3H3,(H2,24,25,30)/t12-,14?/m1/s1. The normalized spacial score (nSPS) is 13.1. The van der Waals surface area contributed by atoms with Gasteiger partial charge in [-0.05, 0) is 37.6 Å². The lowest BCUT2D eigenvalue weighted by atomic mass is 10.1. The van der Waals surface area contributed by atoms with Crippen LogP contribution in [0.5, 0.6) is 0 Å². The molecule has 3 rings (SSSR count). The summed E-state index contributed by atoms with van der Waals surface area (Å²) >= 11 is 0. The van der Waals surface area contributed by atoms with Crippen molar-refractivity contribution < 1.29 is 18.7 Å². The van der Waals surface area contributed by atoms with E-state index in [2.05, 4.69) is 20.7 Å². The molecule has 2 atom stereocenters. The molecule has 8 nitrogen and oxygen atoms in total. The maximum Gasteiger partial charge on any atom is 0.319 e. The van der Waals surface area contributed by atoms with Gasteiger partial charge in [-0.3, -0.25) is 0 Å². The second-order valence-electron chi connectivity index (χ2n) is 6.95. The van der Waals surface area contributed by atoms with Gasteiger partial charge in [0.15, 0.2) is 5.65 Å². The number of carbonyl (C=O) groups is 1. The maximum absolute atomic E-state index is 14.2. The molecule has 3 aromatic rings. The minimum atomic E-state index is -0.517. The van der Waals surface area contributed by atoms with Gasteiger partial charge in [-0.25, -0.2) is 23.1 Å². The molecule has 30 heavy (non-hydrogen) atoms. The Labute approximate surface area is 172 Å². The van der Waals surface area contributed by atoms with Gasteiger partial charge in [0.05, 0.1) is 24.9 Å². The molecule has 0 saturated heterocycles. The molecule has 0 radical (unpaired) electrons. The minimum absolute atomic E-state index is 0.166. The van der Waals surface area contributed by atoms with Gasteiger partial charge >= 0.3 is 6.03 Å².